The predicted octanol–water partition coefficient (Wildman–Crippen LogP) is 5.32. The Bertz CT molecular complexity index is 1190. The average molecular weight is 461 g/mol. The van der Waals surface area contributed by atoms with E-state index in [1.807, 2.05) is 36.4 Å². The highest BCUT2D eigenvalue weighted by Crippen LogP contribution is 2.51. The summed E-state index contributed by atoms with van der Waals surface area (Å²) in [6, 6.07) is 13.0. The van der Waals surface area contributed by atoms with Crippen LogP contribution >= 0.6 is 0 Å². The van der Waals surface area contributed by atoms with Crippen LogP contribution in [-0.4, -0.2) is 25.2 Å². The van der Waals surface area contributed by atoms with Gasteiger partial charge in [0, 0.05) is 6.42 Å². The maximum atomic E-state index is 12.8. The van der Waals surface area contributed by atoms with Crippen molar-refractivity contribution >= 4 is 11.6 Å². The number of fused-ring (bicyclic) bond motifs is 1. The predicted molar refractivity (Wildman–Crippen MR) is 127 cm³/mol. The van der Waals surface area contributed by atoms with Gasteiger partial charge < -0.3 is 24.3 Å². The first-order valence-electron chi connectivity index (χ1n) is 11.2. The van der Waals surface area contributed by atoms with Crippen LogP contribution in [0.15, 0.2) is 53.1 Å². The van der Waals surface area contributed by atoms with Crippen LogP contribution in [0.1, 0.15) is 47.6 Å². The molecule has 0 radical (unpaired) electrons. The molecule has 34 heavy (non-hydrogen) atoms. The summed E-state index contributed by atoms with van der Waals surface area (Å²) >= 11 is 0. The van der Waals surface area contributed by atoms with E-state index in [0.717, 1.165) is 16.7 Å². The molecule has 4 rings (SSSR count). The summed E-state index contributed by atoms with van der Waals surface area (Å²) in [5.74, 6) is 1.63. The van der Waals surface area contributed by atoms with Gasteiger partial charge in [-0.15, -0.1) is 0 Å². The van der Waals surface area contributed by atoms with E-state index in [-0.39, 0.29) is 29.4 Å². The Balaban J connectivity index is 1.60. The van der Waals surface area contributed by atoms with Gasteiger partial charge in [-0.1, -0.05) is 30.7 Å². The Morgan fingerprint density at radius 1 is 1.12 bits per heavy atom. The topological polar surface area (TPSA) is 85.3 Å². The fourth-order valence-electron chi connectivity index (χ4n) is 4.92. The van der Waals surface area contributed by atoms with E-state index in [2.05, 4.69) is 17.1 Å². The molecule has 3 aromatic rings. The second-order valence-electron chi connectivity index (χ2n) is 8.61. The van der Waals surface area contributed by atoms with Crippen molar-refractivity contribution in [3.05, 3.63) is 82.6 Å². The van der Waals surface area contributed by atoms with Gasteiger partial charge >= 0.3 is 0 Å². The van der Waals surface area contributed by atoms with Gasteiger partial charge in [0.2, 0.25) is 11.7 Å². The molecule has 3 atom stereocenters. The maximum Gasteiger partial charge on any atom is 0.220 e. The number of hydrogen-bond acceptors (Lipinski definition) is 5. The van der Waals surface area contributed by atoms with Gasteiger partial charge in [-0.05, 0) is 59.6 Å². The van der Waals surface area contributed by atoms with Crippen LogP contribution in [0.2, 0.25) is 0 Å². The summed E-state index contributed by atoms with van der Waals surface area (Å²) in [5, 5.41) is 13.2. The molecule has 2 N–H and O–H groups in total. The summed E-state index contributed by atoms with van der Waals surface area (Å²) in [5.41, 5.74) is 3.73. The van der Waals surface area contributed by atoms with Gasteiger partial charge in [0.25, 0.3) is 0 Å². The number of ether oxygens (including phenoxy) is 2. The van der Waals surface area contributed by atoms with E-state index in [0.29, 0.717) is 42.3 Å². The molecular formula is C27H28N2O5. The number of carbonyl (C=O) groups is 1. The van der Waals surface area contributed by atoms with Gasteiger partial charge in [0.05, 0.1) is 33.6 Å². The van der Waals surface area contributed by atoms with Crippen LogP contribution in [0.25, 0.3) is 4.85 Å². The van der Waals surface area contributed by atoms with Crippen LogP contribution in [0, 0.1) is 12.5 Å². The molecule has 0 spiro atoms. The molecule has 0 bridgehead atoms. The number of methoxy groups -OCH3 is 2. The van der Waals surface area contributed by atoms with Crippen LogP contribution in [-0.2, 0) is 17.8 Å². The van der Waals surface area contributed by atoms with Crippen molar-refractivity contribution in [1.29, 1.82) is 0 Å². The lowest BCUT2D eigenvalue weighted by atomic mass is 9.83. The number of phenols is 1. The Morgan fingerprint density at radius 2 is 1.85 bits per heavy atom. The number of rotatable bonds is 8. The van der Waals surface area contributed by atoms with Crippen molar-refractivity contribution in [3.63, 3.8) is 0 Å². The fourth-order valence-corrected chi connectivity index (χ4v) is 4.92. The molecule has 1 heterocycles. The molecular weight excluding hydrogens is 432 g/mol. The minimum absolute atomic E-state index is 0.0146. The molecule has 3 unspecified atom stereocenters. The van der Waals surface area contributed by atoms with Crippen LogP contribution < -0.4 is 14.8 Å². The number of benzene rings is 2. The summed E-state index contributed by atoms with van der Waals surface area (Å²) in [6.45, 7) is 9.93. The minimum atomic E-state index is -0.0546. The largest absolute Gasteiger partial charge is 0.502 e. The van der Waals surface area contributed by atoms with Gasteiger partial charge in [-0.25, -0.2) is 4.85 Å². The third-order valence-electron chi connectivity index (χ3n) is 6.71. The summed E-state index contributed by atoms with van der Waals surface area (Å²) in [6.07, 6.45) is 2.60. The van der Waals surface area contributed by atoms with Crippen molar-refractivity contribution in [2.24, 2.45) is 5.92 Å². The highest BCUT2D eigenvalue weighted by Gasteiger charge is 2.39. The highest BCUT2D eigenvalue weighted by molar-refractivity contribution is 5.77. The fraction of sp³-hybridized carbons (Fsp3) is 0.333. The van der Waals surface area contributed by atoms with E-state index in [1.165, 1.54) is 14.2 Å². The second kappa shape index (κ2) is 9.92. The molecule has 7 heteroatoms. The zero-order chi connectivity index (χ0) is 24.2. The number of hydrogen-bond donors (Lipinski definition) is 2. The van der Waals surface area contributed by atoms with Gasteiger partial charge in [-0.2, -0.15) is 0 Å². The summed E-state index contributed by atoms with van der Waals surface area (Å²) in [7, 11) is 3.02. The van der Waals surface area contributed by atoms with E-state index in [4.69, 9.17) is 20.5 Å². The van der Waals surface area contributed by atoms with Gasteiger partial charge in [0.1, 0.15) is 5.76 Å². The Kier molecular flexibility index (Phi) is 6.78. The molecule has 7 nitrogen and oxygen atoms in total. The molecule has 1 aliphatic rings. The number of aromatic hydroxyl groups is 1. The quantitative estimate of drug-likeness (QED) is 0.445. The molecule has 2 aromatic carbocycles. The lowest BCUT2D eigenvalue weighted by Gasteiger charge is -2.22. The normalized spacial score (nSPS) is 18.7. The number of nitrogens with one attached hydrogen (secondary N) is 1. The first-order chi connectivity index (χ1) is 16.4. The highest BCUT2D eigenvalue weighted by atomic mass is 16.5. The van der Waals surface area contributed by atoms with Crippen LogP contribution in [0.3, 0.4) is 0 Å². The minimum Gasteiger partial charge on any atom is -0.502 e. The Morgan fingerprint density at radius 3 is 2.47 bits per heavy atom. The van der Waals surface area contributed by atoms with E-state index < -0.39 is 0 Å². The number of phenolic OH excluding ortho intramolecular Hbond substituents is 1. The lowest BCUT2D eigenvalue weighted by molar-refractivity contribution is -0.121. The zero-order valence-electron chi connectivity index (χ0n) is 19.5. The van der Waals surface area contributed by atoms with Crippen molar-refractivity contribution in [2.45, 2.75) is 38.1 Å². The molecule has 0 saturated heterocycles. The van der Waals surface area contributed by atoms with Gasteiger partial charge in [0.15, 0.2) is 17.2 Å². The summed E-state index contributed by atoms with van der Waals surface area (Å²) in [4.78, 5) is 16.4. The number of amides is 1. The first-order valence-corrected chi connectivity index (χ1v) is 11.2. The standard InChI is InChI=1S/C27H28N2O5/c1-16-21(10-17-11-24(32-3)27(31)25(12-17)33-4)20-8-7-18(28-2)13-23(20)22(16)14-26(30)29-15-19-6-5-9-34-19/h5-9,11-13,16,21-22,31H,10,14-15H2,1,3-4H3,(H,29,30). The van der Waals surface area contributed by atoms with Crippen molar-refractivity contribution in [2.75, 3.05) is 14.2 Å². The number of nitrogens with zero attached hydrogens (tertiary/aromatic N) is 1. The molecule has 1 aromatic heterocycles. The van der Waals surface area contributed by atoms with E-state index in [9.17, 15) is 9.90 Å². The van der Waals surface area contributed by atoms with Crippen molar-refractivity contribution < 1.29 is 23.8 Å². The monoisotopic (exact) mass is 460 g/mol. The second-order valence-corrected chi connectivity index (χ2v) is 8.61. The van der Waals surface area contributed by atoms with E-state index in [1.54, 1.807) is 12.3 Å². The molecule has 1 aliphatic carbocycles. The molecule has 1 amide bonds. The molecule has 0 fully saturated rings. The van der Waals surface area contributed by atoms with Crippen LogP contribution in [0.4, 0.5) is 5.69 Å². The average Bonchev–Trinajstić information content (AvgIpc) is 3.46. The zero-order valence-corrected chi connectivity index (χ0v) is 19.5. The first kappa shape index (κ1) is 23.2. The van der Waals surface area contributed by atoms with Gasteiger partial charge in [-0.3, -0.25) is 4.79 Å². The van der Waals surface area contributed by atoms with Crippen LogP contribution in [0.5, 0.6) is 17.2 Å². The molecule has 0 saturated carbocycles. The van der Waals surface area contributed by atoms with Crippen molar-refractivity contribution in [1.82, 2.24) is 5.32 Å². The smallest absolute Gasteiger partial charge is 0.220 e. The van der Waals surface area contributed by atoms with Crippen molar-refractivity contribution in [3.8, 4) is 17.2 Å². The third kappa shape index (κ3) is 4.58. The molecule has 176 valence electrons. The summed E-state index contributed by atoms with van der Waals surface area (Å²) < 4.78 is 16.0. The molecule has 0 aliphatic heterocycles. The number of carbonyl (C=O) groups excluding carboxylic acids is 1. The SMILES string of the molecule is [C-]#[N+]c1ccc2c(c1)C(CC(=O)NCc1ccco1)C(C)C2Cc1cc(OC)c(O)c(OC)c1. The van der Waals surface area contributed by atoms with E-state index >= 15 is 0 Å². The third-order valence-corrected chi connectivity index (χ3v) is 6.71. The Labute approximate surface area is 199 Å². The number of furan rings is 1. The maximum absolute atomic E-state index is 12.8. The Hall–Kier alpha value is -3.92. The lowest BCUT2D eigenvalue weighted by Crippen LogP contribution is -2.25.